The molecule has 0 unspecified atom stereocenters. The van der Waals surface area contributed by atoms with Crippen molar-refractivity contribution in [3.63, 3.8) is 0 Å². The minimum atomic E-state index is -0.849. The van der Waals surface area contributed by atoms with Crippen LogP contribution < -0.4 is 10.6 Å². The number of rotatable bonds is 6. The molecule has 1 aliphatic heterocycles. The lowest BCUT2D eigenvalue weighted by Gasteiger charge is -2.31. The number of benzene rings is 1. The van der Waals surface area contributed by atoms with Gasteiger partial charge in [-0.15, -0.1) is 0 Å². The van der Waals surface area contributed by atoms with Crippen molar-refractivity contribution in [2.24, 2.45) is 5.92 Å². The molecule has 1 heterocycles. The number of carbonyl (C=O) groups excluding carboxylic acids is 2. The Balaban J connectivity index is 1.70. The molecule has 1 aromatic carbocycles. The van der Waals surface area contributed by atoms with Crippen LogP contribution in [0.25, 0.3) is 0 Å². The van der Waals surface area contributed by atoms with Crippen LogP contribution in [-0.2, 0) is 14.3 Å². The number of hydrogen-bond acceptors (Lipinski definition) is 4. The van der Waals surface area contributed by atoms with Gasteiger partial charge in [0.15, 0.2) is 0 Å². The van der Waals surface area contributed by atoms with Crippen molar-refractivity contribution in [1.29, 1.82) is 0 Å². The van der Waals surface area contributed by atoms with Crippen LogP contribution in [0.15, 0.2) is 24.3 Å². The second-order valence-corrected chi connectivity index (χ2v) is 5.92. The first-order valence-electron chi connectivity index (χ1n) is 8.15. The van der Waals surface area contributed by atoms with Crippen LogP contribution in [0.4, 0.5) is 10.1 Å². The summed E-state index contributed by atoms with van der Waals surface area (Å²) in [6, 6.07) is 5.75. The van der Waals surface area contributed by atoms with Gasteiger partial charge in [0.2, 0.25) is 0 Å². The van der Waals surface area contributed by atoms with E-state index in [1.54, 1.807) is 13.2 Å². The number of methoxy groups -OCH3 is 1. The second-order valence-electron chi connectivity index (χ2n) is 5.92. The highest BCUT2D eigenvalue weighted by atomic mass is 19.1. The highest BCUT2D eigenvalue weighted by Crippen LogP contribution is 2.16. The summed E-state index contributed by atoms with van der Waals surface area (Å²) in [5.74, 6) is -1.80. The van der Waals surface area contributed by atoms with Crippen LogP contribution in [0.1, 0.15) is 12.8 Å². The number of hydrogen-bond donors (Lipinski definition) is 2. The fraction of sp³-hybridized carbons (Fsp3) is 0.529. The quantitative estimate of drug-likeness (QED) is 0.766. The van der Waals surface area contributed by atoms with Crippen molar-refractivity contribution < 1.29 is 18.7 Å². The smallest absolute Gasteiger partial charge is 0.313 e. The fourth-order valence-electron chi connectivity index (χ4n) is 2.69. The van der Waals surface area contributed by atoms with Crippen molar-refractivity contribution in [1.82, 2.24) is 10.2 Å². The number of halogens is 1. The molecule has 1 fully saturated rings. The van der Waals surface area contributed by atoms with E-state index >= 15 is 0 Å². The molecule has 2 rings (SSSR count). The molecule has 0 aromatic heterocycles. The standard InChI is InChI=1S/C17H24FN3O3/c1-24-11-10-21-8-6-13(7-9-21)12-19-16(22)17(23)20-15-5-3-2-4-14(15)18/h2-5,13H,6-12H2,1H3,(H,19,22)(H,20,23). The maximum atomic E-state index is 13.5. The van der Waals surface area contributed by atoms with E-state index < -0.39 is 17.6 Å². The second kappa shape index (κ2) is 9.34. The Bertz CT molecular complexity index is 560. The summed E-state index contributed by atoms with van der Waals surface area (Å²) in [4.78, 5) is 26.0. The zero-order valence-corrected chi connectivity index (χ0v) is 13.9. The molecule has 2 amide bonds. The summed E-state index contributed by atoms with van der Waals surface area (Å²) in [6.45, 7) is 4.02. The molecule has 6 nitrogen and oxygen atoms in total. The monoisotopic (exact) mass is 337 g/mol. The number of nitrogens with one attached hydrogen (secondary N) is 2. The van der Waals surface area contributed by atoms with Crippen molar-refractivity contribution in [3.05, 3.63) is 30.1 Å². The third-order valence-electron chi connectivity index (χ3n) is 4.20. The van der Waals surface area contributed by atoms with Gasteiger partial charge in [0, 0.05) is 20.2 Å². The molecule has 132 valence electrons. The molecule has 0 atom stereocenters. The van der Waals surface area contributed by atoms with Gasteiger partial charge in [-0.2, -0.15) is 0 Å². The van der Waals surface area contributed by atoms with Crippen LogP contribution in [0.5, 0.6) is 0 Å². The zero-order valence-electron chi connectivity index (χ0n) is 13.9. The van der Waals surface area contributed by atoms with E-state index in [0.29, 0.717) is 12.5 Å². The molecule has 2 N–H and O–H groups in total. The van der Waals surface area contributed by atoms with Gasteiger partial charge in [-0.1, -0.05) is 12.1 Å². The first kappa shape index (κ1) is 18.4. The molecular weight excluding hydrogens is 313 g/mol. The minimum absolute atomic E-state index is 0.00380. The molecule has 1 aromatic rings. The van der Waals surface area contributed by atoms with Gasteiger partial charge < -0.3 is 20.3 Å². The molecule has 1 aliphatic rings. The number of amides is 2. The highest BCUT2D eigenvalue weighted by Gasteiger charge is 2.21. The van der Waals surface area contributed by atoms with Gasteiger partial charge in [-0.3, -0.25) is 9.59 Å². The van der Waals surface area contributed by atoms with Crippen molar-refractivity contribution >= 4 is 17.5 Å². The van der Waals surface area contributed by atoms with Gasteiger partial charge in [0.05, 0.1) is 12.3 Å². The molecule has 0 spiro atoms. The molecule has 0 aliphatic carbocycles. The highest BCUT2D eigenvalue weighted by molar-refractivity contribution is 6.39. The molecule has 0 bridgehead atoms. The first-order valence-corrected chi connectivity index (χ1v) is 8.15. The fourth-order valence-corrected chi connectivity index (χ4v) is 2.69. The number of anilines is 1. The van der Waals surface area contributed by atoms with Crippen molar-refractivity contribution in [2.45, 2.75) is 12.8 Å². The largest absolute Gasteiger partial charge is 0.383 e. The molecule has 0 radical (unpaired) electrons. The van der Waals surface area contributed by atoms with Crippen LogP contribution in [-0.4, -0.2) is 56.6 Å². The summed E-state index contributed by atoms with van der Waals surface area (Å²) >= 11 is 0. The van der Waals surface area contributed by atoms with Gasteiger partial charge in [0.1, 0.15) is 5.82 Å². The Kier molecular flexibility index (Phi) is 7.14. The molecular formula is C17H24FN3O3. The van der Waals surface area contributed by atoms with E-state index in [-0.39, 0.29) is 5.69 Å². The summed E-state index contributed by atoms with van der Waals surface area (Å²) in [5, 5.41) is 4.91. The van der Waals surface area contributed by atoms with Gasteiger partial charge in [-0.05, 0) is 44.0 Å². The lowest BCUT2D eigenvalue weighted by Crippen LogP contribution is -2.42. The Morgan fingerprint density at radius 3 is 2.62 bits per heavy atom. The Morgan fingerprint density at radius 1 is 1.25 bits per heavy atom. The molecule has 1 saturated heterocycles. The number of para-hydroxylation sites is 1. The normalized spacial score (nSPS) is 15.9. The van der Waals surface area contributed by atoms with Crippen LogP contribution in [0.3, 0.4) is 0 Å². The number of piperidine rings is 1. The van der Waals surface area contributed by atoms with E-state index in [1.807, 2.05) is 0 Å². The van der Waals surface area contributed by atoms with Gasteiger partial charge >= 0.3 is 11.8 Å². The maximum Gasteiger partial charge on any atom is 0.313 e. The average molecular weight is 337 g/mol. The topological polar surface area (TPSA) is 70.7 Å². The Hall–Kier alpha value is -1.99. The van der Waals surface area contributed by atoms with Crippen LogP contribution in [0, 0.1) is 11.7 Å². The Morgan fingerprint density at radius 2 is 1.96 bits per heavy atom. The lowest BCUT2D eigenvalue weighted by atomic mass is 9.97. The summed E-state index contributed by atoms with van der Waals surface area (Å²) in [6.07, 6.45) is 1.94. The van der Waals surface area contributed by atoms with E-state index in [2.05, 4.69) is 15.5 Å². The van der Waals surface area contributed by atoms with E-state index in [0.717, 1.165) is 39.1 Å². The molecule has 24 heavy (non-hydrogen) atoms. The summed E-state index contributed by atoms with van der Waals surface area (Å²) < 4.78 is 18.5. The Labute approximate surface area is 141 Å². The molecule has 7 heteroatoms. The average Bonchev–Trinajstić information content (AvgIpc) is 2.60. The van der Waals surface area contributed by atoms with Crippen molar-refractivity contribution in [2.75, 3.05) is 45.2 Å². The van der Waals surface area contributed by atoms with E-state index in [1.165, 1.54) is 18.2 Å². The van der Waals surface area contributed by atoms with E-state index in [9.17, 15) is 14.0 Å². The van der Waals surface area contributed by atoms with Gasteiger partial charge in [0.25, 0.3) is 0 Å². The summed E-state index contributed by atoms with van der Waals surface area (Å²) in [5.41, 5.74) is 0.00380. The summed E-state index contributed by atoms with van der Waals surface area (Å²) in [7, 11) is 1.69. The number of ether oxygens (including phenoxy) is 1. The SMILES string of the molecule is COCCN1CCC(CNC(=O)C(=O)Nc2ccccc2F)CC1. The number of nitrogens with zero attached hydrogens (tertiary/aromatic N) is 1. The van der Waals surface area contributed by atoms with Crippen molar-refractivity contribution in [3.8, 4) is 0 Å². The molecule has 0 saturated carbocycles. The number of carbonyl (C=O) groups is 2. The number of likely N-dealkylation sites (tertiary alicyclic amines) is 1. The van der Waals surface area contributed by atoms with Crippen LogP contribution >= 0.6 is 0 Å². The van der Waals surface area contributed by atoms with E-state index in [4.69, 9.17) is 4.74 Å². The zero-order chi connectivity index (χ0) is 17.4. The third-order valence-corrected chi connectivity index (χ3v) is 4.20. The third kappa shape index (κ3) is 5.58. The first-order chi connectivity index (χ1) is 11.6. The lowest BCUT2D eigenvalue weighted by molar-refractivity contribution is -0.136. The van der Waals surface area contributed by atoms with Gasteiger partial charge in [-0.25, -0.2) is 4.39 Å². The minimum Gasteiger partial charge on any atom is -0.383 e. The predicted molar refractivity (Wildman–Crippen MR) is 89.1 cm³/mol. The van der Waals surface area contributed by atoms with Crippen LogP contribution in [0.2, 0.25) is 0 Å². The maximum absolute atomic E-state index is 13.5. The predicted octanol–water partition coefficient (Wildman–Crippen LogP) is 1.24.